The summed E-state index contributed by atoms with van der Waals surface area (Å²) in [5.74, 6) is 0.316. The lowest BCUT2D eigenvalue weighted by atomic mass is 9.81. The van der Waals surface area contributed by atoms with E-state index in [1.165, 1.54) is 24.3 Å². The van der Waals surface area contributed by atoms with Gasteiger partial charge in [0.15, 0.2) is 0 Å². The lowest BCUT2D eigenvalue weighted by molar-refractivity contribution is 0.268. The van der Waals surface area contributed by atoms with Crippen molar-refractivity contribution >= 4 is 43.2 Å². The number of hydrogen-bond donors (Lipinski definition) is 2. The lowest BCUT2D eigenvalue weighted by Crippen LogP contribution is -2.35. The van der Waals surface area contributed by atoms with Crippen LogP contribution >= 0.6 is 23.2 Å². The summed E-state index contributed by atoms with van der Waals surface area (Å²) in [7, 11) is -7.20. The van der Waals surface area contributed by atoms with Crippen molar-refractivity contribution in [3.8, 4) is 0 Å². The lowest BCUT2D eigenvalue weighted by Gasteiger charge is -2.29. The van der Waals surface area contributed by atoms with Crippen molar-refractivity contribution in [2.75, 3.05) is 13.1 Å². The van der Waals surface area contributed by atoms with E-state index in [1.807, 2.05) is 0 Å². The molecule has 1 saturated carbocycles. The second-order valence-electron chi connectivity index (χ2n) is 7.51. The number of rotatable bonds is 8. The quantitative estimate of drug-likeness (QED) is 0.583. The first-order chi connectivity index (χ1) is 14.2. The van der Waals surface area contributed by atoms with Crippen LogP contribution in [0.1, 0.15) is 25.7 Å². The Labute approximate surface area is 188 Å². The van der Waals surface area contributed by atoms with Gasteiger partial charge in [-0.25, -0.2) is 26.3 Å². The van der Waals surface area contributed by atoms with Gasteiger partial charge in [-0.05, 0) is 79.6 Å². The highest BCUT2D eigenvalue weighted by Crippen LogP contribution is 2.29. The summed E-state index contributed by atoms with van der Waals surface area (Å²) >= 11 is 11.6. The first-order valence-corrected chi connectivity index (χ1v) is 13.4. The number of nitrogens with one attached hydrogen (secondary N) is 2. The van der Waals surface area contributed by atoms with Gasteiger partial charge in [0.05, 0.1) is 9.79 Å². The van der Waals surface area contributed by atoms with E-state index in [0.717, 1.165) is 25.7 Å². The summed E-state index contributed by atoms with van der Waals surface area (Å²) in [6, 6.07) is 12.1. The second-order valence-corrected chi connectivity index (χ2v) is 11.9. The Bertz CT molecular complexity index is 971. The monoisotopic (exact) mass is 490 g/mol. The number of sulfonamides is 2. The molecule has 0 aromatic heterocycles. The minimum absolute atomic E-state index is 0.158. The Hall–Kier alpha value is -1.16. The van der Waals surface area contributed by atoms with Crippen molar-refractivity contribution in [2.45, 2.75) is 35.5 Å². The van der Waals surface area contributed by atoms with E-state index in [2.05, 4.69) is 9.44 Å². The van der Waals surface area contributed by atoms with Crippen molar-refractivity contribution in [1.29, 1.82) is 0 Å². The zero-order valence-electron chi connectivity index (χ0n) is 16.2. The van der Waals surface area contributed by atoms with Crippen LogP contribution < -0.4 is 9.44 Å². The van der Waals surface area contributed by atoms with Crippen LogP contribution in [0.5, 0.6) is 0 Å². The molecule has 30 heavy (non-hydrogen) atoms. The van der Waals surface area contributed by atoms with Gasteiger partial charge in [-0.3, -0.25) is 0 Å². The number of hydrogen-bond acceptors (Lipinski definition) is 4. The normalized spacial score (nSPS) is 20.2. The van der Waals surface area contributed by atoms with Crippen LogP contribution in [0.4, 0.5) is 0 Å². The van der Waals surface area contributed by atoms with E-state index >= 15 is 0 Å². The summed E-state index contributed by atoms with van der Waals surface area (Å²) in [6.07, 6.45) is 3.50. The van der Waals surface area contributed by atoms with Gasteiger partial charge in [0.1, 0.15) is 0 Å². The van der Waals surface area contributed by atoms with E-state index in [9.17, 15) is 16.8 Å². The highest BCUT2D eigenvalue weighted by atomic mass is 35.5. The van der Waals surface area contributed by atoms with Gasteiger partial charge in [0.25, 0.3) is 0 Å². The number of halogens is 2. The third-order valence-electron chi connectivity index (χ3n) is 5.26. The molecule has 2 atom stereocenters. The van der Waals surface area contributed by atoms with E-state index < -0.39 is 20.0 Å². The minimum atomic E-state index is -3.60. The summed E-state index contributed by atoms with van der Waals surface area (Å²) < 4.78 is 55.1. The maximum absolute atomic E-state index is 12.5. The smallest absolute Gasteiger partial charge is 0.211 e. The van der Waals surface area contributed by atoms with Gasteiger partial charge >= 0.3 is 0 Å². The maximum Gasteiger partial charge on any atom is 0.240 e. The highest BCUT2D eigenvalue weighted by molar-refractivity contribution is 7.89. The maximum atomic E-state index is 12.5. The van der Waals surface area contributed by atoms with Crippen molar-refractivity contribution < 1.29 is 16.8 Å². The van der Waals surface area contributed by atoms with Crippen LogP contribution in [0, 0.1) is 11.8 Å². The van der Waals surface area contributed by atoms with E-state index in [-0.39, 0.29) is 21.6 Å². The van der Waals surface area contributed by atoms with Gasteiger partial charge in [-0.15, -0.1) is 0 Å². The largest absolute Gasteiger partial charge is 0.240 e. The van der Waals surface area contributed by atoms with Crippen LogP contribution in [-0.2, 0) is 20.0 Å². The fourth-order valence-electron chi connectivity index (χ4n) is 3.62. The van der Waals surface area contributed by atoms with Crippen LogP contribution in [0.15, 0.2) is 58.3 Å². The third kappa shape index (κ3) is 6.42. The predicted octanol–water partition coefficient (Wildman–Crippen LogP) is 4.06. The topological polar surface area (TPSA) is 92.3 Å². The van der Waals surface area contributed by atoms with Crippen LogP contribution in [0.2, 0.25) is 10.0 Å². The summed E-state index contributed by atoms with van der Waals surface area (Å²) in [5, 5.41) is 0.954. The minimum Gasteiger partial charge on any atom is -0.211 e. The molecular formula is C20H24Cl2N2O4S2. The SMILES string of the molecule is O=S(=O)(NCC1CCCC(CNS(=O)(=O)c2ccc(Cl)cc2)C1)c1ccc(Cl)cc1. The average molecular weight is 491 g/mol. The van der Waals surface area contributed by atoms with Gasteiger partial charge in [0, 0.05) is 23.1 Å². The molecule has 2 aromatic rings. The molecule has 10 heteroatoms. The predicted molar refractivity (Wildman–Crippen MR) is 119 cm³/mol. The molecule has 2 aromatic carbocycles. The second kappa shape index (κ2) is 9.97. The van der Waals surface area contributed by atoms with Crippen LogP contribution in [-0.4, -0.2) is 29.9 Å². The Morgan fingerprint density at radius 2 is 1.07 bits per heavy atom. The molecule has 2 N–H and O–H groups in total. The molecule has 6 nitrogen and oxygen atoms in total. The molecule has 0 bridgehead atoms. The van der Waals surface area contributed by atoms with Crippen molar-refractivity contribution in [3.63, 3.8) is 0 Å². The van der Waals surface area contributed by atoms with Crippen molar-refractivity contribution in [3.05, 3.63) is 58.6 Å². The fourth-order valence-corrected chi connectivity index (χ4v) is 6.11. The third-order valence-corrected chi connectivity index (χ3v) is 8.65. The molecule has 3 rings (SSSR count). The molecule has 2 unspecified atom stereocenters. The van der Waals surface area contributed by atoms with Crippen molar-refractivity contribution in [2.24, 2.45) is 11.8 Å². The summed E-state index contributed by atoms with van der Waals surface area (Å²) in [4.78, 5) is 0.352. The first kappa shape index (κ1) is 23.5. The highest BCUT2D eigenvalue weighted by Gasteiger charge is 2.25. The Balaban J connectivity index is 1.52. The molecule has 164 valence electrons. The molecule has 0 saturated heterocycles. The van der Waals surface area contributed by atoms with Gasteiger partial charge < -0.3 is 0 Å². The Morgan fingerprint density at radius 3 is 1.43 bits per heavy atom. The Morgan fingerprint density at radius 1 is 0.700 bits per heavy atom. The molecule has 1 aliphatic carbocycles. The molecule has 0 heterocycles. The van der Waals surface area contributed by atoms with E-state index in [1.54, 1.807) is 24.3 Å². The van der Waals surface area contributed by atoms with Crippen LogP contribution in [0.25, 0.3) is 0 Å². The zero-order valence-corrected chi connectivity index (χ0v) is 19.4. The van der Waals surface area contributed by atoms with E-state index in [0.29, 0.717) is 23.1 Å². The Kier molecular flexibility index (Phi) is 7.81. The molecule has 1 fully saturated rings. The molecule has 0 aliphatic heterocycles. The molecule has 0 radical (unpaired) electrons. The molecule has 1 aliphatic rings. The molecule has 0 spiro atoms. The summed E-state index contributed by atoms with van der Waals surface area (Å²) in [5.41, 5.74) is 0. The average Bonchev–Trinajstić information content (AvgIpc) is 2.72. The van der Waals surface area contributed by atoms with Crippen molar-refractivity contribution in [1.82, 2.24) is 9.44 Å². The van der Waals surface area contributed by atoms with Gasteiger partial charge in [-0.2, -0.15) is 0 Å². The van der Waals surface area contributed by atoms with Crippen LogP contribution in [0.3, 0.4) is 0 Å². The number of benzene rings is 2. The van der Waals surface area contributed by atoms with E-state index in [4.69, 9.17) is 23.2 Å². The molecule has 0 amide bonds. The zero-order chi connectivity index (χ0) is 21.8. The van der Waals surface area contributed by atoms with Gasteiger partial charge in [0.2, 0.25) is 20.0 Å². The summed E-state index contributed by atoms with van der Waals surface area (Å²) in [6.45, 7) is 0.650. The fraction of sp³-hybridized carbons (Fsp3) is 0.400. The first-order valence-electron chi connectivity index (χ1n) is 9.66. The molecular weight excluding hydrogens is 467 g/mol. The standard InChI is InChI=1S/C20H24Cl2N2O4S2/c21-17-4-8-19(9-5-17)29(25,26)23-13-15-2-1-3-16(12-15)14-24-30(27,28)20-10-6-18(22)7-11-20/h4-11,15-16,23-24H,1-3,12-14H2. The van der Waals surface area contributed by atoms with Gasteiger partial charge in [-0.1, -0.05) is 29.6 Å².